The summed E-state index contributed by atoms with van der Waals surface area (Å²) in [6, 6.07) is 0. The van der Waals surface area contributed by atoms with Crippen molar-refractivity contribution in [3.05, 3.63) is 0 Å². The fourth-order valence-electron chi connectivity index (χ4n) is 2.35. The number of alkyl halides is 22. The lowest BCUT2D eigenvalue weighted by atomic mass is 9.68. The molecule has 0 saturated heterocycles. The summed E-state index contributed by atoms with van der Waals surface area (Å²) in [6.45, 7) is 0. The number of hydrogen-bond acceptors (Lipinski definition) is 1. The molecule has 1 fully saturated rings. The van der Waals surface area contributed by atoms with Crippen molar-refractivity contribution in [1.29, 1.82) is 0 Å². The maximum atomic E-state index is 14.1. The van der Waals surface area contributed by atoms with Gasteiger partial charge >= 0.3 is 65.5 Å². The molecule has 0 aromatic carbocycles. The van der Waals surface area contributed by atoms with Crippen LogP contribution in [0.1, 0.15) is 0 Å². The van der Waals surface area contributed by atoms with Crippen molar-refractivity contribution in [1.82, 2.24) is 0 Å². The molecule has 0 unspecified atom stereocenters. The minimum absolute atomic E-state index is 0.996. The van der Waals surface area contributed by atoms with Crippen LogP contribution in [0.4, 0.5) is 96.6 Å². The molecule has 1 nitrogen and oxygen atoms in total. The minimum atomic E-state index is -9.12. The normalized spacial score (nSPS) is 31.9. The molecule has 0 N–H and O–H groups in total. The van der Waals surface area contributed by atoms with Gasteiger partial charge in [0.1, 0.15) is 0 Å². The van der Waals surface area contributed by atoms with Crippen LogP contribution in [-0.2, 0) is 4.74 Å². The molecule has 0 bridgehead atoms. The van der Waals surface area contributed by atoms with Crippen molar-refractivity contribution in [2.24, 2.45) is 0 Å². The molecule has 0 aromatic heterocycles. The van der Waals surface area contributed by atoms with Gasteiger partial charge in [0.25, 0.3) is 0 Å². The van der Waals surface area contributed by atoms with E-state index < -0.39 is 65.5 Å². The molecule has 2 atom stereocenters. The Labute approximate surface area is 168 Å². The zero-order chi connectivity index (χ0) is 28.2. The smallest absolute Gasteiger partial charge is 0.267 e. The highest BCUT2D eigenvalue weighted by Crippen LogP contribution is 2.74. The first kappa shape index (κ1) is 30.5. The zero-order valence-electron chi connectivity index (χ0n) is 14.2. The number of halogens is 22. The molecule has 1 aliphatic carbocycles. The van der Waals surface area contributed by atoms with E-state index in [2.05, 4.69) is 0 Å². The van der Waals surface area contributed by atoms with Gasteiger partial charge in [-0.15, -0.1) is 0 Å². The average Bonchev–Trinajstić information content (AvgIpc) is 2.56. The van der Waals surface area contributed by atoms with E-state index in [4.69, 9.17) is 0 Å². The summed E-state index contributed by atoms with van der Waals surface area (Å²) in [6.07, 6.45) is -24.6. The van der Waals surface area contributed by atoms with Gasteiger partial charge in [-0.05, 0) is 0 Å². The fourth-order valence-corrected chi connectivity index (χ4v) is 2.35. The molecule has 1 rings (SSSR count). The van der Waals surface area contributed by atoms with Gasteiger partial charge in [-0.3, -0.25) is 4.74 Å². The predicted molar refractivity (Wildman–Crippen MR) is 55.5 cm³/mol. The molecule has 34 heavy (non-hydrogen) atoms. The van der Waals surface area contributed by atoms with Gasteiger partial charge < -0.3 is 0 Å². The second-order valence-corrected chi connectivity index (χ2v) is 6.31. The summed E-state index contributed by atoms with van der Waals surface area (Å²) in [5.74, 6) is -61.2. The van der Waals surface area contributed by atoms with E-state index in [-0.39, 0.29) is 0 Å². The molecule has 1 aliphatic rings. The second-order valence-electron chi connectivity index (χ2n) is 6.31. The molecule has 23 heteroatoms. The largest absolute Gasteiger partial charge is 0.462 e. The monoisotopic (exact) mass is 566 g/mol. The van der Waals surface area contributed by atoms with Gasteiger partial charge in [0.05, 0.1) is 0 Å². The van der Waals surface area contributed by atoms with E-state index >= 15 is 0 Å². The molecule has 0 spiro atoms. The molecule has 0 aromatic rings. The van der Waals surface area contributed by atoms with Crippen LogP contribution in [0.15, 0.2) is 0 Å². The maximum Gasteiger partial charge on any atom is 0.462 e. The highest BCUT2D eigenvalue weighted by Gasteiger charge is 3.07. The lowest BCUT2D eigenvalue weighted by Gasteiger charge is -2.56. The quantitative estimate of drug-likeness (QED) is 0.336. The Kier molecular flexibility index (Phi) is 6.08. The first-order chi connectivity index (χ1) is 14.2. The van der Waals surface area contributed by atoms with Gasteiger partial charge in [-0.25, -0.2) is 4.39 Å². The van der Waals surface area contributed by atoms with Crippen LogP contribution in [0.25, 0.3) is 0 Å². The molecular formula is C11F22O. The molecule has 0 aliphatic heterocycles. The predicted octanol–water partition coefficient (Wildman–Crippen LogP) is 6.92. The Hall–Kier alpha value is -1.58. The third-order valence-electron chi connectivity index (χ3n) is 4.24. The third kappa shape index (κ3) is 2.95. The molecule has 204 valence electrons. The lowest BCUT2D eigenvalue weighted by Crippen LogP contribution is -2.90. The number of rotatable bonds is 4. The van der Waals surface area contributed by atoms with Crippen LogP contribution in [0, 0.1) is 0 Å². The van der Waals surface area contributed by atoms with Gasteiger partial charge in [-0.1, -0.05) is 0 Å². The standard InChI is InChI=1S/C11F22O/c12-1(4(17,18)9(26,27)28)2(13,14)5(19,20)6(21,22)8(25,3(1,15)16)34-11(32,33)7(23,24)10(29,30)31/t1-,8-/m1/s1. The van der Waals surface area contributed by atoms with Gasteiger partial charge in [0, 0.05) is 0 Å². The van der Waals surface area contributed by atoms with E-state index in [1.165, 1.54) is 0 Å². The Balaban J connectivity index is 4.18. The SMILES string of the molecule is FC(F)(F)C(F)(F)C(F)(F)O[C@@]1(F)C(F)(F)C(F)(F)C(F)(F)[C@](F)(C(F)(F)C(F)(F)F)C1(F)F. The van der Waals surface area contributed by atoms with Crippen molar-refractivity contribution in [2.45, 2.75) is 65.5 Å². The lowest BCUT2D eigenvalue weighted by molar-refractivity contribution is -0.568. The molecule has 0 radical (unpaired) electrons. The number of ether oxygens (including phenoxy) is 1. The van der Waals surface area contributed by atoms with Gasteiger partial charge in [-0.2, -0.15) is 92.2 Å². The van der Waals surface area contributed by atoms with Crippen LogP contribution >= 0.6 is 0 Å². The molecule has 0 heterocycles. The summed E-state index contributed by atoms with van der Waals surface area (Å²) in [5.41, 5.74) is -9.12. The van der Waals surface area contributed by atoms with Crippen molar-refractivity contribution >= 4 is 0 Å². The van der Waals surface area contributed by atoms with Gasteiger partial charge in [0.2, 0.25) is 0 Å². The summed E-state index contributed by atoms with van der Waals surface area (Å²) < 4.78 is 288. The van der Waals surface area contributed by atoms with E-state index in [0.29, 0.717) is 0 Å². The van der Waals surface area contributed by atoms with Gasteiger partial charge in [0.15, 0.2) is 0 Å². The Morgan fingerprint density at radius 3 is 1.06 bits per heavy atom. The van der Waals surface area contributed by atoms with Crippen LogP contribution in [0.5, 0.6) is 0 Å². The summed E-state index contributed by atoms with van der Waals surface area (Å²) >= 11 is 0. The molecule has 1 saturated carbocycles. The van der Waals surface area contributed by atoms with E-state index in [1.807, 2.05) is 0 Å². The van der Waals surface area contributed by atoms with E-state index in [9.17, 15) is 96.6 Å². The second kappa shape index (κ2) is 6.79. The number of hydrogen-bond donors (Lipinski definition) is 0. The average molecular weight is 566 g/mol. The Bertz CT molecular complexity index is 803. The summed E-state index contributed by atoms with van der Waals surface area (Å²) in [4.78, 5) is 0. The third-order valence-corrected chi connectivity index (χ3v) is 4.24. The van der Waals surface area contributed by atoms with Crippen LogP contribution in [-0.4, -0.2) is 65.5 Å². The van der Waals surface area contributed by atoms with E-state index in [1.54, 1.807) is 0 Å². The van der Waals surface area contributed by atoms with Crippen LogP contribution < -0.4 is 0 Å². The van der Waals surface area contributed by atoms with Crippen LogP contribution in [0.2, 0.25) is 0 Å². The van der Waals surface area contributed by atoms with Crippen molar-refractivity contribution in [3.8, 4) is 0 Å². The first-order valence-corrected chi connectivity index (χ1v) is 7.07. The minimum Gasteiger partial charge on any atom is -0.267 e. The van der Waals surface area contributed by atoms with E-state index in [0.717, 1.165) is 4.74 Å². The van der Waals surface area contributed by atoms with Crippen LogP contribution in [0.3, 0.4) is 0 Å². The Morgan fingerprint density at radius 2 is 0.765 bits per heavy atom. The zero-order valence-corrected chi connectivity index (χ0v) is 14.2. The van der Waals surface area contributed by atoms with Crippen molar-refractivity contribution < 1.29 is 101 Å². The fraction of sp³-hybridized carbons (Fsp3) is 1.00. The highest BCUT2D eigenvalue weighted by atomic mass is 19.4. The summed E-state index contributed by atoms with van der Waals surface area (Å²) in [7, 11) is 0. The molecule has 0 amide bonds. The topological polar surface area (TPSA) is 9.23 Å². The highest BCUT2D eigenvalue weighted by molar-refractivity contribution is 5.31. The maximum absolute atomic E-state index is 14.1. The molecular weight excluding hydrogens is 566 g/mol. The first-order valence-electron chi connectivity index (χ1n) is 7.07. The Morgan fingerprint density at radius 1 is 0.412 bits per heavy atom. The van der Waals surface area contributed by atoms with Crippen molar-refractivity contribution in [3.63, 3.8) is 0 Å². The summed E-state index contributed by atoms with van der Waals surface area (Å²) in [5, 5.41) is 0. The van der Waals surface area contributed by atoms with Crippen molar-refractivity contribution in [2.75, 3.05) is 0 Å².